The van der Waals surface area contributed by atoms with Crippen LogP contribution in [0.2, 0.25) is 5.15 Å². The quantitative estimate of drug-likeness (QED) is 0.423. The van der Waals surface area contributed by atoms with Gasteiger partial charge >= 0.3 is 0 Å². The molecule has 0 aliphatic carbocycles. The molecule has 0 amide bonds. The molecule has 0 unspecified atom stereocenters. The van der Waals surface area contributed by atoms with Crippen LogP contribution in [0.1, 0.15) is 12.6 Å². The van der Waals surface area contributed by atoms with Gasteiger partial charge in [-0.3, -0.25) is 0 Å². The Labute approximate surface area is 79.6 Å². The molecule has 0 saturated carbocycles. The summed E-state index contributed by atoms with van der Waals surface area (Å²) in [5.74, 6) is -0.503. The van der Waals surface area contributed by atoms with E-state index >= 15 is 0 Å². The molecule has 0 fully saturated rings. The highest BCUT2D eigenvalue weighted by Gasteiger charge is 2.10. The van der Waals surface area contributed by atoms with E-state index in [1.165, 1.54) is 11.8 Å². The lowest BCUT2D eigenvalue weighted by Crippen LogP contribution is -1.98. The van der Waals surface area contributed by atoms with Crippen molar-refractivity contribution in [3.05, 3.63) is 16.7 Å². The van der Waals surface area contributed by atoms with Crippen LogP contribution in [0.15, 0.2) is 5.16 Å². The summed E-state index contributed by atoms with van der Waals surface area (Å²) in [4.78, 5) is 7.70. The SMILES string of the molecule is CCc1nc(SC)nc(Cl)c1F. The summed E-state index contributed by atoms with van der Waals surface area (Å²) >= 11 is 6.88. The summed E-state index contributed by atoms with van der Waals surface area (Å²) in [6.07, 6.45) is 2.35. The maximum absolute atomic E-state index is 13.1. The van der Waals surface area contributed by atoms with Crippen LogP contribution >= 0.6 is 23.4 Å². The van der Waals surface area contributed by atoms with E-state index in [0.717, 1.165) is 0 Å². The molecule has 0 radical (unpaired) electrons. The Morgan fingerprint density at radius 3 is 2.67 bits per heavy atom. The second kappa shape index (κ2) is 4.05. The van der Waals surface area contributed by atoms with Crippen molar-refractivity contribution in [2.45, 2.75) is 18.5 Å². The van der Waals surface area contributed by atoms with Gasteiger partial charge in [-0.05, 0) is 12.7 Å². The van der Waals surface area contributed by atoms with Crippen LogP contribution < -0.4 is 0 Å². The summed E-state index contributed by atoms with van der Waals surface area (Å²) < 4.78 is 13.1. The molecule has 0 aliphatic rings. The molecule has 1 rings (SSSR count). The van der Waals surface area contributed by atoms with Gasteiger partial charge in [0, 0.05) is 0 Å². The predicted octanol–water partition coefficient (Wildman–Crippen LogP) is 2.55. The zero-order valence-electron chi connectivity index (χ0n) is 6.77. The lowest BCUT2D eigenvalue weighted by molar-refractivity contribution is 0.584. The minimum Gasteiger partial charge on any atom is -0.224 e. The number of hydrogen-bond acceptors (Lipinski definition) is 3. The number of hydrogen-bond donors (Lipinski definition) is 0. The van der Waals surface area contributed by atoms with Crippen molar-refractivity contribution in [3.63, 3.8) is 0 Å². The zero-order valence-corrected chi connectivity index (χ0v) is 8.34. The lowest BCUT2D eigenvalue weighted by Gasteiger charge is -2.02. The van der Waals surface area contributed by atoms with Gasteiger partial charge in [0.1, 0.15) is 0 Å². The minimum atomic E-state index is -0.503. The van der Waals surface area contributed by atoms with Gasteiger partial charge < -0.3 is 0 Å². The third-order valence-corrected chi connectivity index (χ3v) is 2.17. The summed E-state index contributed by atoms with van der Waals surface area (Å²) in [7, 11) is 0. The van der Waals surface area contributed by atoms with Crippen molar-refractivity contribution in [1.82, 2.24) is 9.97 Å². The third kappa shape index (κ3) is 1.87. The highest BCUT2D eigenvalue weighted by atomic mass is 35.5. The molecular formula is C7H8ClFN2S. The first-order valence-corrected chi connectivity index (χ1v) is 5.05. The van der Waals surface area contributed by atoms with E-state index in [2.05, 4.69) is 9.97 Å². The van der Waals surface area contributed by atoms with Gasteiger partial charge in [-0.1, -0.05) is 30.3 Å². The van der Waals surface area contributed by atoms with Crippen molar-refractivity contribution in [1.29, 1.82) is 0 Å². The maximum atomic E-state index is 13.1. The second-order valence-electron chi connectivity index (χ2n) is 2.12. The van der Waals surface area contributed by atoms with E-state index in [1.807, 2.05) is 13.2 Å². The monoisotopic (exact) mass is 206 g/mol. The fourth-order valence-corrected chi connectivity index (χ4v) is 1.39. The molecule has 0 saturated heterocycles. The van der Waals surface area contributed by atoms with E-state index in [-0.39, 0.29) is 5.15 Å². The molecule has 0 aliphatic heterocycles. The van der Waals surface area contributed by atoms with E-state index in [4.69, 9.17) is 11.6 Å². The lowest BCUT2D eigenvalue weighted by atomic mass is 10.3. The molecule has 0 atom stereocenters. The Kier molecular flexibility index (Phi) is 3.29. The van der Waals surface area contributed by atoms with E-state index in [9.17, 15) is 4.39 Å². The van der Waals surface area contributed by atoms with Gasteiger partial charge in [0.2, 0.25) is 0 Å². The van der Waals surface area contributed by atoms with Crippen LogP contribution in [0.5, 0.6) is 0 Å². The standard InChI is InChI=1S/C7H8ClFN2S/c1-3-4-5(9)6(8)11-7(10-4)12-2/h3H2,1-2H3. The van der Waals surface area contributed by atoms with E-state index in [0.29, 0.717) is 17.3 Å². The zero-order chi connectivity index (χ0) is 9.14. The van der Waals surface area contributed by atoms with E-state index < -0.39 is 5.82 Å². The van der Waals surface area contributed by atoms with Crippen molar-refractivity contribution in [3.8, 4) is 0 Å². The van der Waals surface area contributed by atoms with Crippen LogP contribution in [-0.2, 0) is 6.42 Å². The molecule has 0 bridgehead atoms. The fourth-order valence-electron chi connectivity index (χ4n) is 0.767. The topological polar surface area (TPSA) is 25.8 Å². The second-order valence-corrected chi connectivity index (χ2v) is 3.25. The van der Waals surface area contributed by atoms with Crippen LogP contribution in [0.4, 0.5) is 4.39 Å². The first kappa shape index (κ1) is 9.74. The molecule has 0 aromatic carbocycles. The Bertz CT molecular complexity index is 293. The molecule has 0 N–H and O–H groups in total. The highest BCUT2D eigenvalue weighted by Crippen LogP contribution is 2.18. The van der Waals surface area contributed by atoms with Crippen LogP contribution in [-0.4, -0.2) is 16.2 Å². The van der Waals surface area contributed by atoms with Crippen LogP contribution in [0.25, 0.3) is 0 Å². The highest BCUT2D eigenvalue weighted by molar-refractivity contribution is 7.98. The molecule has 0 spiro atoms. The number of rotatable bonds is 2. The average Bonchev–Trinajstić information content (AvgIpc) is 2.09. The van der Waals surface area contributed by atoms with Gasteiger partial charge in [0.25, 0.3) is 0 Å². The van der Waals surface area contributed by atoms with Gasteiger partial charge in [-0.2, -0.15) is 0 Å². The third-order valence-electron chi connectivity index (χ3n) is 1.38. The largest absolute Gasteiger partial charge is 0.224 e. The molecule has 1 aromatic rings. The van der Waals surface area contributed by atoms with Crippen molar-refractivity contribution < 1.29 is 4.39 Å². The number of thioether (sulfide) groups is 1. The predicted molar refractivity (Wildman–Crippen MR) is 48.2 cm³/mol. The number of halogens is 2. The minimum absolute atomic E-state index is 0.0915. The van der Waals surface area contributed by atoms with Gasteiger partial charge in [0.15, 0.2) is 16.1 Å². The Balaban J connectivity index is 3.19. The Hall–Kier alpha value is -0.350. The van der Waals surface area contributed by atoms with Gasteiger partial charge in [0.05, 0.1) is 5.69 Å². The summed E-state index contributed by atoms with van der Waals surface area (Å²) in [6.45, 7) is 1.83. The normalized spacial score (nSPS) is 10.3. The van der Waals surface area contributed by atoms with E-state index in [1.54, 1.807) is 0 Å². The Morgan fingerprint density at radius 1 is 1.50 bits per heavy atom. The number of nitrogens with zero attached hydrogens (tertiary/aromatic N) is 2. The molecule has 1 heterocycles. The average molecular weight is 207 g/mol. The number of aromatic nitrogens is 2. The fraction of sp³-hybridized carbons (Fsp3) is 0.429. The maximum Gasteiger partial charge on any atom is 0.189 e. The van der Waals surface area contributed by atoms with Crippen LogP contribution in [0.3, 0.4) is 0 Å². The van der Waals surface area contributed by atoms with Crippen LogP contribution in [0, 0.1) is 5.82 Å². The van der Waals surface area contributed by atoms with Crippen molar-refractivity contribution in [2.24, 2.45) is 0 Å². The van der Waals surface area contributed by atoms with Gasteiger partial charge in [-0.15, -0.1) is 0 Å². The van der Waals surface area contributed by atoms with Crippen molar-refractivity contribution in [2.75, 3.05) is 6.26 Å². The molecule has 1 aromatic heterocycles. The first-order chi connectivity index (χ1) is 5.69. The summed E-state index contributed by atoms with van der Waals surface area (Å²) in [5, 5.41) is 0.421. The Morgan fingerprint density at radius 2 is 2.17 bits per heavy atom. The molecule has 12 heavy (non-hydrogen) atoms. The summed E-state index contributed by atoms with van der Waals surface area (Å²) in [6, 6.07) is 0. The number of aryl methyl sites for hydroxylation is 1. The molecular weight excluding hydrogens is 199 g/mol. The first-order valence-electron chi connectivity index (χ1n) is 3.45. The molecule has 66 valence electrons. The molecule has 2 nitrogen and oxygen atoms in total. The van der Waals surface area contributed by atoms with Crippen molar-refractivity contribution >= 4 is 23.4 Å². The molecule has 5 heteroatoms. The van der Waals surface area contributed by atoms with Gasteiger partial charge in [-0.25, -0.2) is 14.4 Å². The summed E-state index contributed by atoms with van der Waals surface area (Å²) in [5.41, 5.74) is 0.374. The smallest absolute Gasteiger partial charge is 0.189 e.